The summed E-state index contributed by atoms with van der Waals surface area (Å²) in [6.07, 6.45) is -0.354. The third kappa shape index (κ3) is 5.76. The van der Waals surface area contributed by atoms with E-state index >= 15 is 0 Å². The van der Waals surface area contributed by atoms with Gasteiger partial charge in [0.2, 0.25) is 0 Å². The largest absolute Gasteiger partial charge is 0.493 e. The Hall–Kier alpha value is -3.59. The number of nitrogens with one attached hydrogen (secondary N) is 2. The van der Waals surface area contributed by atoms with Gasteiger partial charge in [0.1, 0.15) is 5.82 Å². The van der Waals surface area contributed by atoms with Gasteiger partial charge in [-0.1, -0.05) is 19.1 Å². The molecule has 0 aromatic heterocycles. The second-order valence-electron chi connectivity index (χ2n) is 6.79. The molecule has 3 aromatic carbocycles. The summed E-state index contributed by atoms with van der Waals surface area (Å²) in [6, 6.07) is 17.7. The third-order valence-corrected chi connectivity index (χ3v) is 5.93. The van der Waals surface area contributed by atoms with Crippen LogP contribution in [0.1, 0.15) is 13.3 Å². The fourth-order valence-electron chi connectivity index (χ4n) is 2.86. The van der Waals surface area contributed by atoms with Crippen LogP contribution < -0.4 is 19.5 Å². The molecule has 0 unspecified atom stereocenters. The molecule has 0 saturated heterocycles. The number of hydrogen-bond acceptors (Lipinski definition) is 5. The number of carbonyl (C=O) groups excluding carboxylic acids is 1. The predicted octanol–water partition coefficient (Wildman–Crippen LogP) is 4.43. The minimum absolute atomic E-state index is 0.00265. The van der Waals surface area contributed by atoms with Gasteiger partial charge < -0.3 is 14.8 Å². The van der Waals surface area contributed by atoms with Gasteiger partial charge in [-0.15, -0.1) is 0 Å². The van der Waals surface area contributed by atoms with E-state index in [1.165, 1.54) is 43.5 Å². The molecule has 7 nitrogen and oxygen atoms in total. The van der Waals surface area contributed by atoms with Crippen molar-refractivity contribution in [3.63, 3.8) is 0 Å². The number of halogens is 1. The smallest absolute Gasteiger partial charge is 0.265 e. The summed E-state index contributed by atoms with van der Waals surface area (Å²) in [5.74, 6) is 0.124. The summed E-state index contributed by atoms with van der Waals surface area (Å²) in [5.41, 5.74) is 0.654. The van der Waals surface area contributed by atoms with Crippen molar-refractivity contribution in [2.45, 2.75) is 24.3 Å². The van der Waals surface area contributed by atoms with Gasteiger partial charge in [0.25, 0.3) is 15.9 Å². The maximum absolute atomic E-state index is 13.0. The lowest BCUT2D eigenvalue weighted by Crippen LogP contribution is -2.32. The number of benzene rings is 3. The lowest BCUT2D eigenvalue weighted by atomic mass is 10.2. The van der Waals surface area contributed by atoms with E-state index in [0.29, 0.717) is 23.6 Å². The molecule has 1 amide bonds. The van der Waals surface area contributed by atoms with E-state index in [9.17, 15) is 17.6 Å². The lowest BCUT2D eigenvalue weighted by molar-refractivity contribution is -0.122. The van der Waals surface area contributed by atoms with Crippen LogP contribution in [0.2, 0.25) is 0 Å². The Balaban J connectivity index is 1.67. The highest BCUT2D eigenvalue weighted by atomic mass is 32.2. The first kappa shape index (κ1) is 23.1. The first-order chi connectivity index (χ1) is 15.3. The number of rotatable bonds is 9. The average molecular weight is 459 g/mol. The number of anilines is 2. The van der Waals surface area contributed by atoms with Gasteiger partial charge in [0, 0.05) is 11.4 Å². The van der Waals surface area contributed by atoms with Crippen molar-refractivity contribution in [2.75, 3.05) is 17.1 Å². The van der Waals surface area contributed by atoms with Crippen LogP contribution in [0.4, 0.5) is 15.8 Å². The number of carbonyl (C=O) groups is 1. The van der Waals surface area contributed by atoms with Crippen LogP contribution in [0, 0.1) is 5.82 Å². The molecule has 9 heteroatoms. The van der Waals surface area contributed by atoms with E-state index < -0.39 is 21.9 Å². The first-order valence-electron chi connectivity index (χ1n) is 9.81. The van der Waals surface area contributed by atoms with Gasteiger partial charge in [-0.2, -0.15) is 0 Å². The van der Waals surface area contributed by atoms with Gasteiger partial charge in [0.05, 0.1) is 12.0 Å². The summed E-state index contributed by atoms with van der Waals surface area (Å²) >= 11 is 0. The maximum atomic E-state index is 13.0. The topological polar surface area (TPSA) is 93.7 Å². The Bertz CT molecular complexity index is 1170. The molecule has 0 aliphatic rings. The molecule has 3 rings (SSSR count). The van der Waals surface area contributed by atoms with Crippen LogP contribution in [0.5, 0.6) is 11.5 Å². The van der Waals surface area contributed by atoms with E-state index in [2.05, 4.69) is 10.0 Å². The molecule has 1 atom stereocenters. The summed E-state index contributed by atoms with van der Waals surface area (Å²) in [7, 11) is -2.35. The van der Waals surface area contributed by atoms with E-state index in [-0.39, 0.29) is 16.5 Å². The van der Waals surface area contributed by atoms with Crippen molar-refractivity contribution in [2.24, 2.45) is 0 Å². The number of amides is 1. The van der Waals surface area contributed by atoms with Crippen LogP contribution in [-0.4, -0.2) is 27.5 Å². The lowest BCUT2D eigenvalue weighted by Gasteiger charge is -2.19. The summed E-state index contributed by atoms with van der Waals surface area (Å²) in [5, 5.41) is 2.72. The summed E-state index contributed by atoms with van der Waals surface area (Å²) in [4.78, 5) is 12.7. The van der Waals surface area contributed by atoms with Crippen LogP contribution in [0.15, 0.2) is 77.7 Å². The van der Waals surface area contributed by atoms with Crippen molar-refractivity contribution in [3.05, 3.63) is 78.6 Å². The van der Waals surface area contributed by atoms with Crippen LogP contribution in [0.3, 0.4) is 0 Å². The molecule has 0 aliphatic heterocycles. The number of para-hydroxylation sites is 2. The van der Waals surface area contributed by atoms with Crippen LogP contribution >= 0.6 is 0 Å². The normalized spacial score (nSPS) is 12.0. The van der Waals surface area contributed by atoms with Crippen molar-refractivity contribution < 1.29 is 27.1 Å². The fourth-order valence-corrected chi connectivity index (χ4v) is 3.92. The van der Waals surface area contributed by atoms with Gasteiger partial charge in [-0.25, -0.2) is 12.8 Å². The molecule has 0 fully saturated rings. The van der Waals surface area contributed by atoms with Gasteiger partial charge in [-0.05, 0) is 67.1 Å². The van der Waals surface area contributed by atoms with Gasteiger partial charge >= 0.3 is 0 Å². The zero-order valence-corrected chi connectivity index (χ0v) is 18.4. The molecule has 3 aromatic rings. The van der Waals surface area contributed by atoms with E-state index in [1.807, 2.05) is 6.92 Å². The molecule has 168 valence electrons. The van der Waals surface area contributed by atoms with Crippen molar-refractivity contribution in [1.82, 2.24) is 0 Å². The minimum Gasteiger partial charge on any atom is -0.493 e. The highest BCUT2D eigenvalue weighted by Crippen LogP contribution is 2.27. The predicted molar refractivity (Wildman–Crippen MR) is 120 cm³/mol. The van der Waals surface area contributed by atoms with Crippen LogP contribution in [0.25, 0.3) is 0 Å². The molecule has 0 heterocycles. The molecule has 32 heavy (non-hydrogen) atoms. The van der Waals surface area contributed by atoms with E-state index in [0.717, 1.165) is 12.1 Å². The average Bonchev–Trinajstić information content (AvgIpc) is 2.79. The fraction of sp³-hybridized carbons (Fsp3) is 0.174. The van der Waals surface area contributed by atoms with Gasteiger partial charge in [-0.3, -0.25) is 9.52 Å². The Morgan fingerprint density at radius 2 is 1.53 bits per heavy atom. The van der Waals surface area contributed by atoms with Crippen LogP contribution in [-0.2, 0) is 14.8 Å². The Labute approximate surface area is 186 Å². The zero-order chi connectivity index (χ0) is 23.1. The first-order valence-corrected chi connectivity index (χ1v) is 11.3. The molecule has 0 radical (unpaired) electrons. The number of sulfonamides is 1. The number of hydrogen-bond donors (Lipinski definition) is 2. The summed E-state index contributed by atoms with van der Waals surface area (Å²) < 4.78 is 51.5. The molecule has 0 saturated carbocycles. The Morgan fingerprint density at radius 3 is 2.12 bits per heavy atom. The second-order valence-corrected chi connectivity index (χ2v) is 8.47. The molecule has 2 N–H and O–H groups in total. The molecule has 0 aliphatic carbocycles. The molecular formula is C23H23FN2O5S. The quantitative estimate of drug-likeness (QED) is 0.495. The van der Waals surface area contributed by atoms with Gasteiger partial charge in [0.15, 0.2) is 17.6 Å². The van der Waals surface area contributed by atoms with Crippen molar-refractivity contribution in [3.8, 4) is 11.5 Å². The highest BCUT2D eigenvalue weighted by molar-refractivity contribution is 7.92. The number of ether oxygens (including phenoxy) is 2. The third-order valence-electron chi connectivity index (χ3n) is 4.53. The molecular weight excluding hydrogens is 435 g/mol. The van der Waals surface area contributed by atoms with E-state index in [1.54, 1.807) is 24.3 Å². The Morgan fingerprint density at radius 1 is 0.938 bits per heavy atom. The van der Waals surface area contributed by atoms with Crippen molar-refractivity contribution in [1.29, 1.82) is 0 Å². The highest BCUT2D eigenvalue weighted by Gasteiger charge is 2.21. The molecule has 0 bridgehead atoms. The monoisotopic (exact) mass is 458 g/mol. The maximum Gasteiger partial charge on any atom is 0.265 e. The zero-order valence-electron chi connectivity index (χ0n) is 17.5. The Kier molecular flexibility index (Phi) is 7.32. The summed E-state index contributed by atoms with van der Waals surface area (Å²) in [6.45, 7) is 1.82. The minimum atomic E-state index is -3.86. The molecule has 0 spiro atoms. The number of methoxy groups -OCH3 is 1. The van der Waals surface area contributed by atoms with Crippen molar-refractivity contribution >= 4 is 27.3 Å². The van der Waals surface area contributed by atoms with E-state index in [4.69, 9.17) is 9.47 Å². The standard InChI is InChI=1S/C23H23FN2O5S/c1-3-20(31-22-7-5-4-6-21(22)30-2)23(27)25-17-12-14-19(15-13-17)32(28,29)26-18-10-8-16(24)9-11-18/h4-15,20,26H,3H2,1-2H3,(H,25,27)/t20-/m0/s1. The SMILES string of the molecule is CC[C@H](Oc1ccccc1OC)C(=O)Nc1ccc(S(=O)(=O)Nc2ccc(F)cc2)cc1. The second kappa shape index (κ2) is 10.1.